The van der Waals surface area contributed by atoms with Crippen LogP contribution in [0.3, 0.4) is 0 Å². The molecule has 0 saturated heterocycles. The van der Waals surface area contributed by atoms with Crippen LogP contribution >= 0.6 is 0 Å². The summed E-state index contributed by atoms with van der Waals surface area (Å²) in [5.41, 5.74) is 7.94. The fraction of sp³-hybridized carbons (Fsp3) is 0.533. The fourth-order valence-corrected chi connectivity index (χ4v) is 1.93. The molecule has 1 aromatic rings. The van der Waals surface area contributed by atoms with E-state index in [1.165, 1.54) is 11.1 Å². The molecule has 1 rings (SSSR count). The Labute approximate surface area is 110 Å². The van der Waals surface area contributed by atoms with E-state index in [0.717, 1.165) is 0 Å². The van der Waals surface area contributed by atoms with E-state index in [0.29, 0.717) is 13.0 Å². The normalized spacial score (nSPS) is 13.2. The van der Waals surface area contributed by atoms with Crippen molar-refractivity contribution >= 4 is 5.91 Å². The van der Waals surface area contributed by atoms with Crippen LogP contribution in [0.4, 0.5) is 0 Å². The Morgan fingerprint density at radius 3 is 2.56 bits per heavy atom. The Bertz CT molecular complexity index is 407. The van der Waals surface area contributed by atoms with Crippen LogP contribution in [-0.4, -0.2) is 18.0 Å². The summed E-state index contributed by atoms with van der Waals surface area (Å²) in [7, 11) is 0. The first-order valence-electron chi connectivity index (χ1n) is 6.41. The summed E-state index contributed by atoms with van der Waals surface area (Å²) >= 11 is 0. The number of amides is 1. The molecule has 3 heteroatoms. The standard InChI is InChI=1S/C15H24N2O/c1-11-7-5-6-8-13(11)12(2)9-14(18)17-10-15(3,4)16/h5-8,12H,9-10,16H2,1-4H3,(H,17,18). The second kappa shape index (κ2) is 6.01. The zero-order chi connectivity index (χ0) is 13.8. The van der Waals surface area contributed by atoms with Gasteiger partial charge in [0, 0.05) is 18.5 Å². The van der Waals surface area contributed by atoms with E-state index in [1.807, 2.05) is 26.0 Å². The number of nitrogens with one attached hydrogen (secondary N) is 1. The minimum Gasteiger partial charge on any atom is -0.354 e. The second-order valence-electron chi connectivity index (χ2n) is 5.73. The van der Waals surface area contributed by atoms with Gasteiger partial charge >= 0.3 is 0 Å². The molecule has 3 nitrogen and oxygen atoms in total. The van der Waals surface area contributed by atoms with Gasteiger partial charge in [-0.3, -0.25) is 4.79 Å². The minimum absolute atomic E-state index is 0.0595. The minimum atomic E-state index is -0.360. The highest BCUT2D eigenvalue weighted by Crippen LogP contribution is 2.22. The predicted octanol–water partition coefficient (Wildman–Crippen LogP) is 2.34. The zero-order valence-electron chi connectivity index (χ0n) is 11.8. The highest BCUT2D eigenvalue weighted by atomic mass is 16.1. The molecule has 0 aliphatic rings. The molecule has 3 N–H and O–H groups in total. The van der Waals surface area contributed by atoms with E-state index in [9.17, 15) is 4.79 Å². The van der Waals surface area contributed by atoms with Crippen molar-refractivity contribution in [2.45, 2.75) is 45.6 Å². The number of rotatable bonds is 5. The van der Waals surface area contributed by atoms with Gasteiger partial charge in [-0.25, -0.2) is 0 Å². The monoisotopic (exact) mass is 248 g/mol. The third-order valence-corrected chi connectivity index (χ3v) is 2.95. The number of nitrogens with two attached hydrogens (primary N) is 1. The van der Waals surface area contributed by atoms with Crippen molar-refractivity contribution in [1.29, 1.82) is 0 Å². The molecule has 1 amide bonds. The lowest BCUT2D eigenvalue weighted by Gasteiger charge is -2.20. The average Bonchev–Trinajstić information content (AvgIpc) is 2.26. The molecule has 0 aromatic heterocycles. The van der Waals surface area contributed by atoms with Crippen molar-refractivity contribution in [3.05, 3.63) is 35.4 Å². The van der Waals surface area contributed by atoms with Gasteiger partial charge in [-0.1, -0.05) is 31.2 Å². The molecule has 0 aliphatic carbocycles. The molecular weight excluding hydrogens is 224 g/mol. The Hall–Kier alpha value is -1.35. The maximum absolute atomic E-state index is 11.8. The van der Waals surface area contributed by atoms with E-state index >= 15 is 0 Å². The van der Waals surface area contributed by atoms with Crippen molar-refractivity contribution < 1.29 is 4.79 Å². The van der Waals surface area contributed by atoms with Crippen LogP contribution in [-0.2, 0) is 4.79 Å². The SMILES string of the molecule is Cc1ccccc1C(C)CC(=O)NCC(C)(C)N. The van der Waals surface area contributed by atoms with Gasteiger partial charge in [0.05, 0.1) is 0 Å². The summed E-state index contributed by atoms with van der Waals surface area (Å²) in [4.78, 5) is 11.8. The highest BCUT2D eigenvalue weighted by molar-refractivity contribution is 5.77. The first kappa shape index (κ1) is 14.7. The number of aryl methyl sites for hydroxylation is 1. The fourth-order valence-electron chi connectivity index (χ4n) is 1.93. The van der Waals surface area contributed by atoms with Crippen molar-refractivity contribution in [3.8, 4) is 0 Å². The lowest BCUT2D eigenvalue weighted by atomic mass is 9.93. The lowest BCUT2D eigenvalue weighted by molar-refractivity contribution is -0.121. The quantitative estimate of drug-likeness (QED) is 0.840. The molecule has 0 saturated carbocycles. The lowest BCUT2D eigenvalue weighted by Crippen LogP contribution is -2.45. The number of hydrogen-bond acceptors (Lipinski definition) is 2. The van der Waals surface area contributed by atoms with E-state index < -0.39 is 0 Å². The van der Waals surface area contributed by atoms with Crippen molar-refractivity contribution in [2.24, 2.45) is 5.73 Å². The van der Waals surface area contributed by atoms with Crippen LogP contribution in [0.2, 0.25) is 0 Å². The van der Waals surface area contributed by atoms with Gasteiger partial charge in [0.1, 0.15) is 0 Å². The molecule has 1 atom stereocenters. The number of carbonyl (C=O) groups excluding carboxylic acids is 1. The molecule has 0 radical (unpaired) electrons. The molecule has 0 spiro atoms. The maximum atomic E-state index is 11.8. The molecule has 18 heavy (non-hydrogen) atoms. The van der Waals surface area contributed by atoms with Crippen LogP contribution in [0.5, 0.6) is 0 Å². The van der Waals surface area contributed by atoms with E-state index in [4.69, 9.17) is 5.73 Å². The van der Waals surface area contributed by atoms with Crippen molar-refractivity contribution in [1.82, 2.24) is 5.32 Å². The smallest absolute Gasteiger partial charge is 0.220 e. The number of hydrogen-bond donors (Lipinski definition) is 2. The van der Waals surface area contributed by atoms with Gasteiger partial charge in [-0.05, 0) is 37.8 Å². The van der Waals surface area contributed by atoms with Crippen LogP contribution in [0, 0.1) is 6.92 Å². The summed E-state index contributed by atoms with van der Waals surface area (Å²) in [6, 6.07) is 8.19. The van der Waals surface area contributed by atoms with Gasteiger partial charge in [0.15, 0.2) is 0 Å². The third-order valence-electron chi connectivity index (χ3n) is 2.95. The Morgan fingerprint density at radius 1 is 1.39 bits per heavy atom. The molecule has 1 aromatic carbocycles. The maximum Gasteiger partial charge on any atom is 0.220 e. The second-order valence-corrected chi connectivity index (χ2v) is 5.73. The Morgan fingerprint density at radius 2 is 2.00 bits per heavy atom. The number of carbonyl (C=O) groups is 1. The van der Waals surface area contributed by atoms with Crippen molar-refractivity contribution in [2.75, 3.05) is 6.54 Å². The molecule has 0 aliphatic heterocycles. The predicted molar refractivity (Wildman–Crippen MR) is 75.5 cm³/mol. The molecule has 0 fully saturated rings. The molecule has 0 heterocycles. The van der Waals surface area contributed by atoms with Gasteiger partial charge in [-0.15, -0.1) is 0 Å². The van der Waals surface area contributed by atoms with Crippen LogP contribution in [0.1, 0.15) is 44.2 Å². The summed E-state index contributed by atoms with van der Waals surface area (Å²) in [5, 5.41) is 2.88. The van der Waals surface area contributed by atoms with E-state index in [-0.39, 0.29) is 17.4 Å². The molecule has 100 valence electrons. The topological polar surface area (TPSA) is 55.1 Å². The first-order valence-corrected chi connectivity index (χ1v) is 6.41. The van der Waals surface area contributed by atoms with Gasteiger partial charge in [0.25, 0.3) is 0 Å². The molecular formula is C15H24N2O. The van der Waals surface area contributed by atoms with Crippen molar-refractivity contribution in [3.63, 3.8) is 0 Å². The van der Waals surface area contributed by atoms with Crippen LogP contribution in [0.25, 0.3) is 0 Å². The molecule has 1 unspecified atom stereocenters. The van der Waals surface area contributed by atoms with E-state index in [2.05, 4.69) is 31.3 Å². The van der Waals surface area contributed by atoms with Gasteiger partial charge in [0.2, 0.25) is 5.91 Å². The Kier molecular flexibility index (Phi) is 4.91. The average molecular weight is 248 g/mol. The summed E-state index contributed by atoms with van der Waals surface area (Å²) in [5.74, 6) is 0.288. The highest BCUT2D eigenvalue weighted by Gasteiger charge is 2.15. The molecule has 0 bridgehead atoms. The van der Waals surface area contributed by atoms with E-state index in [1.54, 1.807) is 0 Å². The number of benzene rings is 1. The third kappa shape index (κ3) is 4.88. The summed E-state index contributed by atoms with van der Waals surface area (Å²) in [6.07, 6.45) is 0.501. The summed E-state index contributed by atoms with van der Waals surface area (Å²) in [6.45, 7) is 8.46. The summed E-state index contributed by atoms with van der Waals surface area (Å²) < 4.78 is 0. The van der Waals surface area contributed by atoms with Crippen LogP contribution in [0.15, 0.2) is 24.3 Å². The first-order chi connectivity index (χ1) is 8.29. The Balaban J connectivity index is 2.53. The zero-order valence-corrected chi connectivity index (χ0v) is 11.8. The van der Waals surface area contributed by atoms with Gasteiger partial charge < -0.3 is 11.1 Å². The van der Waals surface area contributed by atoms with Crippen LogP contribution < -0.4 is 11.1 Å². The van der Waals surface area contributed by atoms with Gasteiger partial charge in [-0.2, -0.15) is 0 Å². The largest absolute Gasteiger partial charge is 0.354 e.